The van der Waals surface area contributed by atoms with E-state index in [2.05, 4.69) is 15.3 Å². The van der Waals surface area contributed by atoms with Crippen molar-refractivity contribution in [2.75, 3.05) is 0 Å². The van der Waals surface area contributed by atoms with Gasteiger partial charge in [0.1, 0.15) is 5.82 Å². The van der Waals surface area contributed by atoms with E-state index in [1.165, 1.54) is 12.3 Å². The number of aromatic nitrogens is 2. The van der Waals surface area contributed by atoms with Crippen LogP contribution in [0.25, 0.3) is 11.3 Å². The highest BCUT2D eigenvalue weighted by molar-refractivity contribution is 7.11. The Morgan fingerprint density at radius 2 is 2.12 bits per heavy atom. The smallest absolute Gasteiger partial charge is 0.220 e. The van der Waals surface area contributed by atoms with Crippen LogP contribution in [0.1, 0.15) is 22.2 Å². The number of aryl methyl sites for hydroxylation is 2. The average Bonchev–Trinajstić information content (AvgIpc) is 3.20. The molecule has 7 heteroatoms. The molecule has 3 rings (SSSR count). The second kappa shape index (κ2) is 7.35. The molecule has 1 N–H and O–H groups in total. The normalized spacial score (nSPS) is 10.8. The highest BCUT2D eigenvalue weighted by Gasteiger charge is 2.12. The van der Waals surface area contributed by atoms with Crippen LogP contribution < -0.4 is 5.32 Å². The molecular weight excluding hydrogens is 329 g/mol. The van der Waals surface area contributed by atoms with Crippen molar-refractivity contribution in [3.63, 3.8) is 0 Å². The number of nitrogens with zero attached hydrogens (tertiary/aromatic N) is 2. The minimum Gasteiger partial charge on any atom is -0.441 e. The van der Waals surface area contributed by atoms with Crippen molar-refractivity contribution < 1.29 is 13.6 Å². The number of rotatable bonds is 6. The van der Waals surface area contributed by atoms with Crippen molar-refractivity contribution in [1.29, 1.82) is 0 Å². The van der Waals surface area contributed by atoms with E-state index in [1.54, 1.807) is 35.7 Å². The van der Waals surface area contributed by atoms with Crippen LogP contribution >= 0.6 is 11.3 Å². The lowest BCUT2D eigenvalue weighted by Crippen LogP contribution is -2.22. The Morgan fingerprint density at radius 3 is 2.88 bits per heavy atom. The van der Waals surface area contributed by atoms with Gasteiger partial charge in [0.2, 0.25) is 5.91 Å². The first-order valence-corrected chi connectivity index (χ1v) is 8.31. The number of carbonyl (C=O) groups excluding carboxylic acids is 1. The van der Waals surface area contributed by atoms with Gasteiger partial charge in [0.25, 0.3) is 0 Å². The predicted octanol–water partition coefficient (Wildman–Crippen LogP) is 3.49. The van der Waals surface area contributed by atoms with Crippen LogP contribution in [0.15, 0.2) is 41.1 Å². The number of carbonyl (C=O) groups is 1. The van der Waals surface area contributed by atoms with Gasteiger partial charge in [-0.2, -0.15) is 0 Å². The summed E-state index contributed by atoms with van der Waals surface area (Å²) in [5.41, 5.74) is 0.362. The van der Waals surface area contributed by atoms with E-state index in [0.717, 1.165) is 9.88 Å². The fraction of sp³-hybridized carbons (Fsp3) is 0.235. The lowest BCUT2D eigenvalue weighted by molar-refractivity contribution is -0.121. The first kappa shape index (κ1) is 16.3. The molecule has 5 nitrogen and oxygen atoms in total. The number of amides is 1. The highest BCUT2D eigenvalue weighted by atomic mass is 32.1. The Labute approximate surface area is 142 Å². The molecule has 0 fully saturated rings. The van der Waals surface area contributed by atoms with E-state index < -0.39 is 0 Å². The summed E-state index contributed by atoms with van der Waals surface area (Å²) in [5, 5.41) is 3.80. The van der Waals surface area contributed by atoms with E-state index in [4.69, 9.17) is 4.42 Å². The summed E-state index contributed by atoms with van der Waals surface area (Å²) in [6, 6.07) is 6.34. The summed E-state index contributed by atoms with van der Waals surface area (Å²) in [5.74, 6) is 0.324. The number of nitrogens with one attached hydrogen (secondary N) is 1. The molecule has 0 aliphatic carbocycles. The number of benzene rings is 1. The third-order valence-electron chi connectivity index (χ3n) is 3.39. The van der Waals surface area contributed by atoms with Gasteiger partial charge in [-0.15, -0.1) is 11.3 Å². The van der Waals surface area contributed by atoms with E-state index in [9.17, 15) is 9.18 Å². The zero-order chi connectivity index (χ0) is 16.9. The summed E-state index contributed by atoms with van der Waals surface area (Å²) in [4.78, 5) is 21.1. The van der Waals surface area contributed by atoms with Crippen LogP contribution in [0, 0.1) is 12.7 Å². The van der Waals surface area contributed by atoms with Crippen molar-refractivity contribution in [2.24, 2.45) is 0 Å². The minimum absolute atomic E-state index is 0.0910. The van der Waals surface area contributed by atoms with Crippen molar-refractivity contribution in [1.82, 2.24) is 15.3 Å². The van der Waals surface area contributed by atoms with Gasteiger partial charge in [0, 0.05) is 23.9 Å². The quantitative estimate of drug-likeness (QED) is 0.742. The molecular formula is C17H16FN3O2S. The van der Waals surface area contributed by atoms with Crippen molar-refractivity contribution in [2.45, 2.75) is 26.3 Å². The van der Waals surface area contributed by atoms with Crippen LogP contribution in [0.4, 0.5) is 4.39 Å². The topological polar surface area (TPSA) is 68.0 Å². The van der Waals surface area contributed by atoms with Gasteiger partial charge in [-0.25, -0.2) is 14.4 Å². The Morgan fingerprint density at radius 1 is 1.29 bits per heavy atom. The molecule has 3 aromatic rings. The molecule has 0 aliphatic heterocycles. The third kappa shape index (κ3) is 4.05. The standard InChI is InChI=1S/C17H16FN3O2S/c1-11-19-8-12(24-11)9-20-16(22)6-7-17-21-10-15(23-17)13-4-2-3-5-14(13)18/h2-5,8,10H,6-7,9H2,1H3,(H,20,22). The second-order valence-electron chi connectivity index (χ2n) is 5.22. The van der Waals surface area contributed by atoms with Crippen molar-refractivity contribution in [3.8, 4) is 11.3 Å². The Kier molecular flexibility index (Phi) is 5.00. The fourth-order valence-corrected chi connectivity index (χ4v) is 2.93. The molecule has 0 aliphatic rings. The Balaban J connectivity index is 1.52. The van der Waals surface area contributed by atoms with Crippen LogP contribution in [0.3, 0.4) is 0 Å². The predicted molar refractivity (Wildman–Crippen MR) is 88.9 cm³/mol. The van der Waals surface area contributed by atoms with Gasteiger partial charge in [0.15, 0.2) is 11.7 Å². The minimum atomic E-state index is -0.363. The molecule has 2 aromatic heterocycles. The molecule has 0 saturated heterocycles. The molecule has 0 spiro atoms. The molecule has 1 aromatic carbocycles. The van der Waals surface area contributed by atoms with Crippen molar-refractivity contribution >= 4 is 17.2 Å². The van der Waals surface area contributed by atoms with Gasteiger partial charge in [0.05, 0.1) is 23.3 Å². The van der Waals surface area contributed by atoms with E-state index in [1.807, 2.05) is 6.92 Å². The summed E-state index contributed by atoms with van der Waals surface area (Å²) >= 11 is 1.55. The second-order valence-corrected chi connectivity index (χ2v) is 6.54. The van der Waals surface area contributed by atoms with Gasteiger partial charge >= 0.3 is 0 Å². The van der Waals surface area contributed by atoms with Crippen LogP contribution in [0.2, 0.25) is 0 Å². The monoisotopic (exact) mass is 345 g/mol. The van der Waals surface area contributed by atoms with Crippen molar-refractivity contribution in [3.05, 3.63) is 58.3 Å². The zero-order valence-electron chi connectivity index (χ0n) is 13.1. The number of hydrogen-bond acceptors (Lipinski definition) is 5. The van der Waals surface area contributed by atoms with Crippen LogP contribution in [-0.4, -0.2) is 15.9 Å². The first-order valence-electron chi connectivity index (χ1n) is 7.49. The molecule has 0 radical (unpaired) electrons. The largest absolute Gasteiger partial charge is 0.441 e. The van der Waals surface area contributed by atoms with Gasteiger partial charge in [-0.1, -0.05) is 12.1 Å². The molecule has 124 valence electrons. The maximum atomic E-state index is 13.7. The summed E-state index contributed by atoms with van der Waals surface area (Å²) in [6.07, 6.45) is 3.86. The zero-order valence-corrected chi connectivity index (χ0v) is 13.9. The summed E-state index contributed by atoms with van der Waals surface area (Å²) in [7, 11) is 0. The van der Waals surface area contributed by atoms with Crippen LogP contribution in [-0.2, 0) is 17.8 Å². The van der Waals surface area contributed by atoms with Gasteiger partial charge < -0.3 is 9.73 Å². The Hall–Kier alpha value is -2.54. The lowest BCUT2D eigenvalue weighted by Gasteiger charge is -2.02. The maximum absolute atomic E-state index is 13.7. The van der Waals surface area contributed by atoms with Gasteiger partial charge in [-0.05, 0) is 19.1 Å². The maximum Gasteiger partial charge on any atom is 0.220 e. The lowest BCUT2D eigenvalue weighted by atomic mass is 10.2. The third-order valence-corrected chi connectivity index (χ3v) is 4.30. The molecule has 0 saturated carbocycles. The molecule has 0 bridgehead atoms. The first-order chi connectivity index (χ1) is 11.6. The average molecular weight is 345 g/mol. The number of hydrogen-bond donors (Lipinski definition) is 1. The van der Waals surface area contributed by atoms with E-state index >= 15 is 0 Å². The number of oxazole rings is 1. The van der Waals surface area contributed by atoms with Gasteiger partial charge in [-0.3, -0.25) is 4.79 Å². The molecule has 24 heavy (non-hydrogen) atoms. The molecule has 2 heterocycles. The van der Waals surface area contributed by atoms with Crippen LogP contribution in [0.5, 0.6) is 0 Å². The molecule has 1 amide bonds. The summed E-state index contributed by atoms with van der Waals surface area (Å²) < 4.78 is 19.2. The molecule has 0 unspecified atom stereocenters. The molecule has 0 atom stereocenters. The van der Waals surface area contributed by atoms with E-state index in [-0.39, 0.29) is 18.1 Å². The number of thiazole rings is 1. The fourth-order valence-electron chi connectivity index (χ4n) is 2.19. The SMILES string of the molecule is Cc1ncc(CNC(=O)CCc2ncc(-c3ccccc3F)o2)s1. The summed E-state index contributed by atoms with van der Waals surface area (Å²) in [6.45, 7) is 2.39. The highest BCUT2D eigenvalue weighted by Crippen LogP contribution is 2.23. The Bertz CT molecular complexity index is 844. The van der Waals surface area contributed by atoms with E-state index in [0.29, 0.717) is 30.2 Å². The number of halogens is 1.